The molecular weight excluding hydrogens is 210 g/mol. The van der Waals surface area contributed by atoms with Crippen LogP contribution in [0.3, 0.4) is 0 Å². The summed E-state index contributed by atoms with van der Waals surface area (Å²) in [5.74, 6) is -0.582. The number of rotatable bonds is 4. The van der Waals surface area contributed by atoms with Gasteiger partial charge in [0.2, 0.25) is 0 Å². The molecule has 2 heterocycles. The fourth-order valence-electron chi connectivity index (χ4n) is 1.87. The Kier molecular flexibility index (Phi) is 3.53. The van der Waals surface area contributed by atoms with Crippen molar-refractivity contribution in [3.8, 4) is 0 Å². The van der Waals surface area contributed by atoms with Gasteiger partial charge in [-0.15, -0.1) is 0 Å². The van der Waals surface area contributed by atoms with Gasteiger partial charge in [-0.25, -0.2) is 4.98 Å². The lowest BCUT2D eigenvalue weighted by molar-refractivity contribution is -0.140. The van der Waals surface area contributed by atoms with Crippen molar-refractivity contribution in [1.29, 1.82) is 0 Å². The third kappa shape index (κ3) is 2.59. The first-order valence-electron chi connectivity index (χ1n) is 5.35. The highest BCUT2D eigenvalue weighted by Gasteiger charge is 2.26. The number of hydrogen-bond donors (Lipinski definition) is 3. The second kappa shape index (κ2) is 5.09. The number of carbonyl (C=O) groups is 1. The summed E-state index contributed by atoms with van der Waals surface area (Å²) >= 11 is 0. The van der Waals surface area contributed by atoms with E-state index in [9.17, 15) is 4.79 Å². The molecule has 0 saturated carbocycles. The van der Waals surface area contributed by atoms with Crippen LogP contribution in [-0.2, 0) is 4.79 Å². The largest absolute Gasteiger partial charge is 0.480 e. The molecule has 1 aromatic rings. The second-order valence-corrected chi connectivity index (χ2v) is 3.87. The lowest BCUT2D eigenvalue weighted by Gasteiger charge is -2.26. The average molecular weight is 225 g/mol. The number of carboxylic acids is 1. The van der Waals surface area contributed by atoms with E-state index in [1.807, 2.05) is 0 Å². The van der Waals surface area contributed by atoms with Crippen LogP contribution >= 0.6 is 0 Å². The zero-order valence-corrected chi connectivity index (χ0v) is 8.85. The predicted octanol–water partition coefficient (Wildman–Crippen LogP) is 0.142. The van der Waals surface area contributed by atoms with Gasteiger partial charge in [0.1, 0.15) is 0 Å². The Balaban J connectivity index is 2.00. The maximum Gasteiger partial charge on any atom is 0.328 e. The average Bonchev–Trinajstić information content (AvgIpc) is 2.80. The Morgan fingerprint density at radius 1 is 1.62 bits per heavy atom. The summed E-state index contributed by atoms with van der Waals surface area (Å²) < 4.78 is 5.03. The third-order valence-electron chi connectivity index (χ3n) is 2.72. The lowest BCUT2D eigenvalue weighted by atomic mass is 10.0. The molecule has 0 aromatic carbocycles. The Morgan fingerprint density at radius 3 is 2.94 bits per heavy atom. The number of carboxylic acid groups (broad SMARTS) is 1. The van der Waals surface area contributed by atoms with Crippen molar-refractivity contribution in [1.82, 2.24) is 15.6 Å². The molecule has 1 unspecified atom stereocenters. The van der Waals surface area contributed by atoms with Crippen molar-refractivity contribution in [2.24, 2.45) is 0 Å². The molecule has 1 aromatic heterocycles. The molecule has 0 bridgehead atoms. The van der Waals surface area contributed by atoms with Gasteiger partial charge in [-0.2, -0.15) is 0 Å². The first kappa shape index (κ1) is 11.1. The van der Waals surface area contributed by atoms with E-state index in [2.05, 4.69) is 15.6 Å². The Bertz CT molecular complexity index is 333. The van der Waals surface area contributed by atoms with Crippen LogP contribution in [0.1, 0.15) is 24.6 Å². The number of oxazole rings is 1. The van der Waals surface area contributed by atoms with Crippen molar-refractivity contribution >= 4 is 5.97 Å². The van der Waals surface area contributed by atoms with Gasteiger partial charge in [0.25, 0.3) is 0 Å². The summed E-state index contributed by atoms with van der Waals surface area (Å²) in [7, 11) is 0. The minimum Gasteiger partial charge on any atom is -0.480 e. The van der Waals surface area contributed by atoms with Crippen LogP contribution in [0.2, 0.25) is 0 Å². The van der Waals surface area contributed by atoms with Crippen molar-refractivity contribution in [2.45, 2.75) is 24.9 Å². The van der Waals surface area contributed by atoms with Crippen molar-refractivity contribution in [3.63, 3.8) is 0 Å². The zero-order chi connectivity index (χ0) is 11.4. The van der Waals surface area contributed by atoms with E-state index < -0.39 is 12.0 Å². The maximum absolute atomic E-state index is 11.1. The van der Waals surface area contributed by atoms with Crippen molar-refractivity contribution in [3.05, 3.63) is 18.4 Å². The van der Waals surface area contributed by atoms with Crippen LogP contribution in [0.25, 0.3) is 0 Å². The summed E-state index contributed by atoms with van der Waals surface area (Å²) in [6.45, 7) is 1.83. The monoisotopic (exact) mass is 225 g/mol. The summed E-state index contributed by atoms with van der Waals surface area (Å²) in [5.41, 5.74) is 0. The van der Waals surface area contributed by atoms with E-state index in [0.29, 0.717) is 5.76 Å². The van der Waals surface area contributed by atoms with Gasteiger partial charge in [-0.3, -0.25) is 10.1 Å². The van der Waals surface area contributed by atoms with Crippen LogP contribution in [0.5, 0.6) is 0 Å². The molecule has 88 valence electrons. The van der Waals surface area contributed by atoms with E-state index in [-0.39, 0.29) is 6.04 Å². The van der Waals surface area contributed by atoms with Crippen LogP contribution in [-0.4, -0.2) is 35.2 Å². The van der Waals surface area contributed by atoms with Crippen molar-refractivity contribution < 1.29 is 14.3 Å². The van der Waals surface area contributed by atoms with Gasteiger partial charge in [0, 0.05) is 6.04 Å². The van der Waals surface area contributed by atoms with Gasteiger partial charge >= 0.3 is 5.97 Å². The highest BCUT2D eigenvalue weighted by molar-refractivity contribution is 5.74. The molecule has 3 N–H and O–H groups in total. The molecule has 2 rings (SSSR count). The quantitative estimate of drug-likeness (QED) is 0.675. The van der Waals surface area contributed by atoms with Gasteiger partial charge in [0.05, 0.1) is 6.20 Å². The molecule has 1 atom stereocenters. The molecule has 1 aliphatic rings. The van der Waals surface area contributed by atoms with E-state index in [4.69, 9.17) is 9.52 Å². The molecule has 6 nitrogen and oxygen atoms in total. The Hall–Kier alpha value is -1.40. The first-order chi connectivity index (χ1) is 7.77. The number of piperidine rings is 1. The lowest BCUT2D eigenvalue weighted by Crippen LogP contribution is -2.43. The van der Waals surface area contributed by atoms with E-state index >= 15 is 0 Å². The van der Waals surface area contributed by atoms with Crippen LogP contribution in [0.4, 0.5) is 0 Å². The zero-order valence-electron chi connectivity index (χ0n) is 8.85. The number of nitrogens with one attached hydrogen (secondary N) is 2. The smallest absolute Gasteiger partial charge is 0.328 e. The predicted molar refractivity (Wildman–Crippen MR) is 55.9 cm³/mol. The SMILES string of the molecule is O=C(O)C(NC1CCNCC1)c1cnco1. The van der Waals surface area contributed by atoms with Crippen LogP contribution < -0.4 is 10.6 Å². The number of aliphatic carboxylic acids is 1. The summed E-state index contributed by atoms with van der Waals surface area (Å²) in [6, 6.07) is -0.585. The van der Waals surface area contributed by atoms with E-state index in [1.165, 1.54) is 12.6 Å². The third-order valence-corrected chi connectivity index (χ3v) is 2.72. The van der Waals surface area contributed by atoms with Gasteiger partial charge < -0.3 is 14.8 Å². The standard InChI is InChI=1S/C10H15N3O3/c14-10(15)9(8-5-12-6-16-8)13-7-1-3-11-4-2-7/h5-7,9,11,13H,1-4H2,(H,14,15). The summed E-state index contributed by atoms with van der Waals surface area (Å²) in [6.07, 6.45) is 4.54. The number of nitrogens with zero attached hydrogens (tertiary/aromatic N) is 1. The number of hydrogen-bond acceptors (Lipinski definition) is 5. The molecule has 0 amide bonds. The molecule has 0 spiro atoms. The highest BCUT2D eigenvalue weighted by atomic mass is 16.4. The summed E-state index contributed by atoms with van der Waals surface area (Å²) in [4.78, 5) is 14.8. The maximum atomic E-state index is 11.1. The second-order valence-electron chi connectivity index (χ2n) is 3.87. The van der Waals surface area contributed by atoms with Gasteiger partial charge in [-0.05, 0) is 25.9 Å². The van der Waals surface area contributed by atoms with E-state index in [0.717, 1.165) is 25.9 Å². The van der Waals surface area contributed by atoms with Crippen LogP contribution in [0, 0.1) is 0 Å². The molecular formula is C10H15N3O3. The van der Waals surface area contributed by atoms with Crippen LogP contribution in [0.15, 0.2) is 17.0 Å². The first-order valence-corrected chi connectivity index (χ1v) is 5.35. The van der Waals surface area contributed by atoms with Gasteiger partial charge in [-0.1, -0.05) is 0 Å². The minimum absolute atomic E-state index is 0.215. The highest BCUT2D eigenvalue weighted by Crippen LogP contribution is 2.15. The Labute approximate surface area is 93.0 Å². The normalized spacial score (nSPS) is 19.5. The van der Waals surface area contributed by atoms with Crippen molar-refractivity contribution in [2.75, 3.05) is 13.1 Å². The molecule has 1 fully saturated rings. The Morgan fingerprint density at radius 2 is 2.38 bits per heavy atom. The molecule has 0 aliphatic carbocycles. The molecule has 0 radical (unpaired) electrons. The molecule has 6 heteroatoms. The topological polar surface area (TPSA) is 87.4 Å². The molecule has 1 saturated heterocycles. The summed E-state index contributed by atoms with van der Waals surface area (Å²) in [5, 5.41) is 15.4. The fraction of sp³-hybridized carbons (Fsp3) is 0.600. The van der Waals surface area contributed by atoms with E-state index in [1.54, 1.807) is 0 Å². The molecule has 1 aliphatic heterocycles. The number of aromatic nitrogens is 1. The fourth-order valence-corrected chi connectivity index (χ4v) is 1.87. The molecule has 16 heavy (non-hydrogen) atoms. The van der Waals surface area contributed by atoms with Gasteiger partial charge in [0.15, 0.2) is 18.2 Å². The minimum atomic E-state index is -0.935.